The number of rotatable bonds is 6. The van der Waals surface area contributed by atoms with Crippen LogP contribution >= 0.6 is 0 Å². The number of ether oxygens (including phenoxy) is 1. The van der Waals surface area contributed by atoms with Crippen molar-refractivity contribution >= 4 is 35.0 Å². The first-order valence-electron chi connectivity index (χ1n) is 15.5. The molecule has 2 aliphatic heterocycles. The number of amides is 4. The molecule has 2 heterocycles. The van der Waals surface area contributed by atoms with Crippen molar-refractivity contribution in [3.63, 3.8) is 0 Å². The molecular formula is C34H44F3N5O5. The van der Waals surface area contributed by atoms with Crippen molar-refractivity contribution in [1.82, 2.24) is 10.2 Å². The molecule has 0 aromatic heterocycles. The lowest BCUT2D eigenvalue weighted by Gasteiger charge is -2.29. The lowest BCUT2D eigenvalue weighted by molar-refractivity contribution is -0.138. The smallest absolute Gasteiger partial charge is 0.416 e. The second-order valence-corrected chi connectivity index (χ2v) is 10.2. The van der Waals surface area contributed by atoms with Gasteiger partial charge in [0, 0.05) is 43.0 Å². The van der Waals surface area contributed by atoms with E-state index < -0.39 is 47.0 Å². The number of halogens is 3. The molecule has 4 rings (SSSR count). The summed E-state index contributed by atoms with van der Waals surface area (Å²) in [6.45, 7) is 14.0. The van der Waals surface area contributed by atoms with E-state index in [1.807, 2.05) is 13.8 Å². The molecule has 0 spiro atoms. The van der Waals surface area contributed by atoms with E-state index in [1.54, 1.807) is 19.2 Å². The lowest BCUT2D eigenvalue weighted by atomic mass is 10.0. The van der Waals surface area contributed by atoms with E-state index in [4.69, 9.17) is 4.74 Å². The Bertz CT molecular complexity index is 1480. The monoisotopic (exact) mass is 659 g/mol. The van der Waals surface area contributed by atoms with Crippen LogP contribution in [0.4, 0.5) is 24.5 Å². The molecule has 1 unspecified atom stereocenters. The number of nitrogens with one attached hydrogen (secondary N) is 3. The van der Waals surface area contributed by atoms with Crippen molar-refractivity contribution in [2.24, 2.45) is 0 Å². The number of nitriles is 1. The maximum atomic E-state index is 13.2. The van der Waals surface area contributed by atoms with Crippen LogP contribution < -0.4 is 20.7 Å². The molecule has 1 saturated heterocycles. The van der Waals surface area contributed by atoms with Crippen molar-refractivity contribution in [3.05, 3.63) is 64.4 Å². The first-order valence-corrected chi connectivity index (χ1v) is 15.5. The number of anilines is 2. The zero-order chi connectivity index (χ0) is 35.9. The van der Waals surface area contributed by atoms with E-state index >= 15 is 0 Å². The predicted molar refractivity (Wildman–Crippen MR) is 174 cm³/mol. The molecule has 2 aromatic carbocycles. The largest absolute Gasteiger partial charge is 0.460 e. The van der Waals surface area contributed by atoms with Crippen LogP contribution in [0.3, 0.4) is 0 Å². The van der Waals surface area contributed by atoms with Gasteiger partial charge in [0.15, 0.2) is 5.57 Å². The Morgan fingerprint density at radius 1 is 1.06 bits per heavy atom. The van der Waals surface area contributed by atoms with Crippen molar-refractivity contribution < 1.29 is 37.1 Å². The Labute approximate surface area is 274 Å². The van der Waals surface area contributed by atoms with Gasteiger partial charge in [0.25, 0.3) is 11.8 Å². The molecule has 1 fully saturated rings. The third-order valence-electron chi connectivity index (χ3n) is 6.33. The molecule has 13 heteroatoms. The van der Waals surface area contributed by atoms with Gasteiger partial charge in [-0.05, 0) is 43.7 Å². The van der Waals surface area contributed by atoms with Crippen LogP contribution in [0, 0.1) is 11.3 Å². The van der Waals surface area contributed by atoms with Gasteiger partial charge < -0.3 is 20.3 Å². The molecule has 4 amide bonds. The first-order chi connectivity index (χ1) is 22.2. The Balaban J connectivity index is 0.00000126. The summed E-state index contributed by atoms with van der Waals surface area (Å²) in [6, 6.07) is 7.63. The van der Waals surface area contributed by atoms with E-state index in [9.17, 15) is 37.6 Å². The molecule has 1 atom stereocenters. The predicted octanol–water partition coefficient (Wildman–Crippen LogP) is 7.18. The lowest BCUT2D eigenvalue weighted by Crippen LogP contribution is -2.52. The molecular weight excluding hydrogens is 615 g/mol. The van der Waals surface area contributed by atoms with Gasteiger partial charge in [0.2, 0.25) is 11.8 Å². The molecule has 47 heavy (non-hydrogen) atoms. The average Bonchev–Trinajstić information content (AvgIpc) is 3.34. The Kier molecular flexibility index (Phi) is 16.2. The molecule has 2 aromatic rings. The Hall–Kier alpha value is -4.86. The van der Waals surface area contributed by atoms with E-state index in [2.05, 4.69) is 43.6 Å². The van der Waals surface area contributed by atoms with Crippen LogP contribution in [0.1, 0.15) is 95.6 Å². The highest BCUT2D eigenvalue weighted by molar-refractivity contribution is 6.07. The summed E-state index contributed by atoms with van der Waals surface area (Å²) in [5.41, 5.74) is 0.106. The fourth-order valence-electron chi connectivity index (χ4n) is 4.37. The summed E-state index contributed by atoms with van der Waals surface area (Å²) in [7, 11) is 1.62. The van der Waals surface area contributed by atoms with Crippen LogP contribution in [0.5, 0.6) is 5.75 Å². The number of allylic oxidation sites excluding steroid dienone is 1. The topological polar surface area (TPSA) is 141 Å². The highest BCUT2D eigenvalue weighted by atomic mass is 19.4. The molecule has 0 bridgehead atoms. The van der Waals surface area contributed by atoms with Crippen LogP contribution in [0.2, 0.25) is 0 Å². The van der Waals surface area contributed by atoms with Crippen LogP contribution in [0.25, 0.3) is 0 Å². The van der Waals surface area contributed by atoms with Crippen LogP contribution in [-0.4, -0.2) is 41.6 Å². The van der Waals surface area contributed by atoms with E-state index in [-0.39, 0.29) is 42.1 Å². The van der Waals surface area contributed by atoms with Crippen molar-refractivity contribution in [3.8, 4) is 11.8 Å². The van der Waals surface area contributed by atoms with E-state index in [0.717, 1.165) is 24.3 Å². The average molecular weight is 660 g/mol. The number of hydrogen-bond donors (Lipinski definition) is 3. The van der Waals surface area contributed by atoms with Gasteiger partial charge in [0.1, 0.15) is 23.6 Å². The fourth-order valence-corrected chi connectivity index (χ4v) is 4.37. The molecule has 0 radical (unpaired) electrons. The van der Waals surface area contributed by atoms with Crippen molar-refractivity contribution in [1.29, 1.82) is 5.26 Å². The minimum atomic E-state index is -4.53. The van der Waals surface area contributed by atoms with Gasteiger partial charge in [-0.1, -0.05) is 54.4 Å². The highest BCUT2D eigenvalue weighted by Gasteiger charge is 2.40. The van der Waals surface area contributed by atoms with Crippen molar-refractivity contribution in [2.75, 3.05) is 17.7 Å². The number of imide groups is 1. The summed E-state index contributed by atoms with van der Waals surface area (Å²) in [5.74, 6) is -2.27. The summed E-state index contributed by atoms with van der Waals surface area (Å²) < 4.78 is 44.1. The second-order valence-electron chi connectivity index (χ2n) is 10.2. The summed E-state index contributed by atoms with van der Waals surface area (Å²) in [4.78, 5) is 51.1. The third-order valence-corrected chi connectivity index (χ3v) is 6.33. The number of benzene rings is 2. The Morgan fingerprint density at radius 2 is 1.64 bits per heavy atom. The standard InChI is InChI=1S/C26H22F3N5O5.2C3H8.C2H6/c1-13(18(11-30)23(36)32-15-5-3-14(4-6-15)26(27,28)29)39-16-9-17-19(20(10-16)31-2)12-34(25(17)38)21-7-8-22(35)33-24(21)37;2*1-3-2;1-2/h3-6,9-10,21,31H,7-8,12H2,1-2H3,(H,32,36)(H,33,35,37);2*3H2,1-2H3;1-2H3/b18-13-;;;. The summed E-state index contributed by atoms with van der Waals surface area (Å²) in [6.07, 6.45) is -1.73. The van der Waals surface area contributed by atoms with Gasteiger partial charge in [0.05, 0.1) is 11.1 Å². The number of piperidine rings is 1. The molecule has 2 aliphatic rings. The molecule has 256 valence electrons. The second kappa shape index (κ2) is 19.0. The number of carbonyl (C=O) groups is 4. The maximum absolute atomic E-state index is 13.2. The third kappa shape index (κ3) is 10.9. The van der Waals surface area contributed by atoms with E-state index in [1.165, 1.54) is 30.7 Å². The molecule has 0 aliphatic carbocycles. The van der Waals surface area contributed by atoms with Crippen LogP contribution in [0.15, 0.2) is 47.7 Å². The van der Waals surface area contributed by atoms with Gasteiger partial charge in [-0.15, -0.1) is 0 Å². The minimum absolute atomic E-state index is 0.0442. The number of hydrogen-bond acceptors (Lipinski definition) is 7. The van der Waals surface area contributed by atoms with E-state index in [0.29, 0.717) is 11.3 Å². The zero-order valence-corrected chi connectivity index (χ0v) is 28.1. The zero-order valence-electron chi connectivity index (χ0n) is 28.1. The van der Waals surface area contributed by atoms with Gasteiger partial charge in [-0.3, -0.25) is 24.5 Å². The maximum Gasteiger partial charge on any atom is 0.416 e. The molecule has 0 saturated carbocycles. The number of carbonyl (C=O) groups excluding carboxylic acids is 4. The number of nitrogens with zero attached hydrogens (tertiary/aromatic N) is 2. The SMILES string of the molecule is CC.CCC.CCC.CNc1cc(O/C(C)=C(/C#N)C(=O)Nc2ccc(C(F)(F)F)cc2)cc2c1CN(C1CCC(=O)NC1=O)C2=O. The number of fused-ring (bicyclic) bond motifs is 1. The van der Waals surface area contributed by atoms with Gasteiger partial charge in [-0.2, -0.15) is 18.4 Å². The molecule has 3 N–H and O–H groups in total. The Morgan fingerprint density at radius 3 is 2.13 bits per heavy atom. The fraction of sp³-hybridized carbons (Fsp3) is 0.441. The van der Waals surface area contributed by atoms with Crippen molar-refractivity contribution in [2.45, 2.75) is 92.9 Å². The van der Waals surface area contributed by atoms with Gasteiger partial charge >= 0.3 is 6.18 Å². The van der Waals surface area contributed by atoms with Crippen LogP contribution in [-0.2, 0) is 27.1 Å². The quantitative estimate of drug-likeness (QED) is 0.129. The first kappa shape index (κ1) is 40.2. The van der Waals surface area contributed by atoms with Gasteiger partial charge in [-0.25, -0.2) is 0 Å². The molecule has 10 nitrogen and oxygen atoms in total. The summed E-state index contributed by atoms with van der Waals surface area (Å²) in [5, 5.41) is 17.1. The minimum Gasteiger partial charge on any atom is -0.460 e. The highest BCUT2D eigenvalue weighted by Crippen LogP contribution is 2.36. The normalized spacial score (nSPS) is 15.5. The number of alkyl halides is 3. The summed E-state index contributed by atoms with van der Waals surface area (Å²) >= 11 is 0.